The van der Waals surface area contributed by atoms with Crippen LogP contribution in [-0.2, 0) is 0 Å². The van der Waals surface area contributed by atoms with Crippen molar-refractivity contribution in [1.29, 1.82) is 0 Å². The molecule has 0 spiro atoms. The predicted octanol–water partition coefficient (Wildman–Crippen LogP) is 1.39. The van der Waals surface area contributed by atoms with Crippen molar-refractivity contribution < 1.29 is 0 Å². The van der Waals surface area contributed by atoms with Gasteiger partial charge in [-0.25, -0.2) is 0 Å². The Morgan fingerprint density at radius 3 is 2.44 bits per heavy atom. The minimum absolute atomic E-state index is 0.767. The molecule has 0 aromatic rings. The largest absolute Gasteiger partial charge is 0.316 e. The molecule has 2 heteroatoms. The molecule has 0 aliphatic heterocycles. The summed E-state index contributed by atoms with van der Waals surface area (Å²) in [6.07, 6.45) is 5.59. The maximum atomic E-state index is 3.33. The van der Waals surface area contributed by atoms with Gasteiger partial charge in [0, 0.05) is 6.04 Å². The molecule has 1 unspecified atom stereocenters. The summed E-state index contributed by atoms with van der Waals surface area (Å²) in [5, 5.41) is 3.33. The van der Waals surface area contributed by atoms with Crippen LogP contribution in [0.5, 0.6) is 0 Å². The lowest BCUT2D eigenvalue weighted by atomic mass is 9.95. The average molecular weight is 145 g/mol. The van der Waals surface area contributed by atoms with Gasteiger partial charge in [-0.2, -0.15) is 0 Å². The SMILES string of the molecule is CN[C@@H]1CCCC[C@@H]1P. The van der Waals surface area contributed by atoms with Gasteiger partial charge in [0.05, 0.1) is 0 Å². The molecule has 0 saturated heterocycles. The zero-order chi connectivity index (χ0) is 6.69. The second kappa shape index (κ2) is 3.53. The second-order valence-electron chi connectivity index (χ2n) is 2.84. The lowest BCUT2D eigenvalue weighted by molar-refractivity contribution is 0.405. The minimum atomic E-state index is 0.767. The third kappa shape index (κ3) is 1.91. The van der Waals surface area contributed by atoms with Crippen LogP contribution >= 0.6 is 9.24 Å². The van der Waals surface area contributed by atoms with E-state index < -0.39 is 0 Å². The molecule has 3 atom stereocenters. The van der Waals surface area contributed by atoms with Crippen LogP contribution in [0.25, 0.3) is 0 Å². The molecule has 1 rings (SSSR count). The molecule has 54 valence electrons. The lowest BCUT2D eigenvalue weighted by Gasteiger charge is -2.27. The van der Waals surface area contributed by atoms with Crippen LogP contribution in [0.3, 0.4) is 0 Å². The van der Waals surface area contributed by atoms with Crippen LogP contribution in [0.4, 0.5) is 0 Å². The van der Waals surface area contributed by atoms with E-state index in [1.807, 2.05) is 0 Å². The first-order valence-electron chi connectivity index (χ1n) is 3.77. The van der Waals surface area contributed by atoms with Gasteiger partial charge in [-0.1, -0.05) is 12.8 Å². The van der Waals surface area contributed by atoms with Gasteiger partial charge in [0.15, 0.2) is 0 Å². The van der Waals surface area contributed by atoms with Crippen LogP contribution < -0.4 is 5.32 Å². The third-order valence-electron chi connectivity index (χ3n) is 2.19. The number of hydrogen-bond donors (Lipinski definition) is 1. The molecular formula is C7H16NP. The van der Waals surface area contributed by atoms with E-state index in [1.54, 1.807) is 0 Å². The smallest absolute Gasteiger partial charge is 0.0127 e. The quantitative estimate of drug-likeness (QED) is 0.550. The van der Waals surface area contributed by atoms with Gasteiger partial charge in [0.2, 0.25) is 0 Å². The van der Waals surface area contributed by atoms with Crippen LogP contribution in [0.15, 0.2) is 0 Å². The van der Waals surface area contributed by atoms with E-state index in [9.17, 15) is 0 Å². The fraction of sp³-hybridized carbons (Fsp3) is 1.00. The number of nitrogens with one attached hydrogen (secondary N) is 1. The molecule has 1 N–H and O–H groups in total. The molecule has 1 saturated carbocycles. The van der Waals surface area contributed by atoms with E-state index in [-0.39, 0.29) is 0 Å². The predicted molar refractivity (Wildman–Crippen MR) is 44.8 cm³/mol. The summed E-state index contributed by atoms with van der Waals surface area (Å²) in [7, 11) is 4.99. The zero-order valence-corrected chi connectivity index (χ0v) is 7.22. The number of hydrogen-bond acceptors (Lipinski definition) is 1. The minimum Gasteiger partial charge on any atom is -0.316 e. The molecule has 0 heterocycles. The van der Waals surface area contributed by atoms with Crippen LogP contribution in [0.1, 0.15) is 25.7 Å². The maximum Gasteiger partial charge on any atom is 0.0127 e. The summed E-state index contributed by atoms with van der Waals surface area (Å²) in [5.74, 6) is 0. The molecule has 1 aliphatic carbocycles. The molecule has 0 bridgehead atoms. The lowest BCUT2D eigenvalue weighted by Crippen LogP contribution is -2.36. The highest BCUT2D eigenvalue weighted by molar-refractivity contribution is 7.17. The Balaban J connectivity index is 2.30. The van der Waals surface area contributed by atoms with Gasteiger partial charge in [0.1, 0.15) is 0 Å². The van der Waals surface area contributed by atoms with Crippen molar-refractivity contribution in [3.8, 4) is 0 Å². The molecule has 0 aromatic carbocycles. The molecule has 0 radical (unpaired) electrons. The molecule has 1 aliphatic rings. The molecule has 0 amide bonds. The van der Waals surface area contributed by atoms with Crippen molar-refractivity contribution in [2.75, 3.05) is 7.05 Å². The van der Waals surface area contributed by atoms with Crippen LogP contribution in [0, 0.1) is 0 Å². The van der Waals surface area contributed by atoms with Gasteiger partial charge in [-0.05, 0) is 25.5 Å². The summed E-state index contributed by atoms with van der Waals surface area (Å²) in [6, 6.07) is 0.767. The van der Waals surface area contributed by atoms with E-state index in [0.29, 0.717) is 0 Å². The second-order valence-corrected chi connectivity index (χ2v) is 3.70. The summed E-state index contributed by atoms with van der Waals surface area (Å²) < 4.78 is 0. The molecule has 1 nitrogen and oxygen atoms in total. The fourth-order valence-electron chi connectivity index (χ4n) is 1.52. The van der Waals surface area contributed by atoms with Crippen molar-refractivity contribution in [2.45, 2.75) is 37.4 Å². The first-order valence-corrected chi connectivity index (χ1v) is 4.44. The topological polar surface area (TPSA) is 12.0 Å². The van der Waals surface area contributed by atoms with E-state index >= 15 is 0 Å². The van der Waals surface area contributed by atoms with E-state index in [1.165, 1.54) is 25.7 Å². The summed E-state index contributed by atoms with van der Waals surface area (Å²) in [4.78, 5) is 0. The Morgan fingerprint density at radius 1 is 1.33 bits per heavy atom. The summed E-state index contributed by atoms with van der Waals surface area (Å²) >= 11 is 0. The third-order valence-corrected chi connectivity index (χ3v) is 2.99. The van der Waals surface area contributed by atoms with E-state index in [4.69, 9.17) is 0 Å². The van der Waals surface area contributed by atoms with E-state index in [0.717, 1.165) is 11.7 Å². The highest BCUT2D eigenvalue weighted by Gasteiger charge is 2.18. The Morgan fingerprint density at radius 2 is 2.00 bits per heavy atom. The van der Waals surface area contributed by atoms with E-state index in [2.05, 4.69) is 21.6 Å². The standard InChI is InChI=1S/C7H16NP/c1-8-6-4-2-3-5-7(6)9/h6-8H,2-5,9H2,1H3/t6-,7+/m1/s1. The first-order chi connectivity index (χ1) is 4.34. The number of rotatable bonds is 1. The highest BCUT2D eigenvalue weighted by atomic mass is 31.0. The van der Waals surface area contributed by atoms with Gasteiger partial charge in [0.25, 0.3) is 0 Å². The van der Waals surface area contributed by atoms with Gasteiger partial charge in [-0.15, -0.1) is 9.24 Å². The monoisotopic (exact) mass is 145 g/mol. The van der Waals surface area contributed by atoms with Crippen molar-refractivity contribution >= 4 is 9.24 Å². The van der Waals surface area contributed by atoms with Crippen LogP contribution in [-0.4, -0.2) is 18.7 Å². The Hall–Kier alpha value is 0.390. The fourth-order valence-corrected chi connectivity index (χ4v) is 2.14. The van der Waals surface area contributed by atoms with Crippen molar-refractivity contribution in [3.05, 3.63) is 0 Å². The highest BCUT2D eigenvalue weighted by Crippen LogP contribution is 2.23. The maximum absolute atomic E-state index is 3.33. The van der Waals surface area contributed by atoms with Crippen molar-refractivity contribution in [3.63, 3.8) is 0 Å². The Kier molecular flexibility index (Phi) is 2.94. The van der Waals surface area contributed by atoms with Crippen LogP contribution in [0.2, 0.25) is 0 Å². The molecule has 1 fully saturated rings. The van der Waals surface area contributed by atoms with Gasteiger partial charge >= 0.3 is 0 Å². The summed E-state index contributed by atoms with van der Waals surface area (Å²) in [5.41, 5.74) is 0.823. The summed E-state index contributed by atoms with van der Waals surface area (Å²) in [6.45, 7) is 0. The normalized spacial score (nSPS) is 36.7. The van der Waals surface area contributed by atoms with Crippen molar-refractivity contribution in [1.82, 2.24) is 5.32 Å². The Labute approximate surface area is 59.8 Å². The molecular weight excluding hydrogens is 129 g/mol. The zero-order valence-electron chi connectivity index (χ0n) is 6.06. The molecule has 0 aromatic heterocycles. The van der Waals surface area contributed by atoms with Crippen molar-refractivity contribution in [2.24, 2.45) is 0 Å². The Bertz CT molecular complexity index is 85.0. The molecule has 9 heavy (non-hydrogen) atoms. The van der Waals surface area contributed by atoms with Gasteiger partial charge < -0.3 is 5.32 Å². The van der Waals surface area contributed by atoms with Gasteiger partial charge in [-0.3, -0.25) is 0 Å². The average Bonchev–Trinajstić information content (AvgIpc) is 1.89. The first kappa shape index (κ1) is 7.50.